The predicted octanol–water partition coefficient (Wildman–Crippen LogP) is 2.91. The summed E-state index contributed by atoms with van der Waals surface area (Å²) in [4.78, 5) is 11.3. The van der Waals surface area contributed by atoms with Crippen LogP contribution in [0.3, 0.4) is 0 Å². The summed E-state index contributed by atoms with van der Waals surface area (Å²) >= 11 is 0. The molecular formula is C11H20O2. The molecule has 0 aromatic rings. The Morgan fingerprint density at radius 3 is 1.85 bits per heavy atom. The highest BCUT2D eigenvalue weighted by Crippen LogP contribution is 2.51. The number of esters is 1. The van der Waals surface area contributed by atoms with E-state index >= 15 is 0 Å². The summed E-state index contributed by atoms with van der Waals surface area (Å²) in [6, 6.07) is 0. The number of carbonyl (C=O) groups is 1. The Balaban J connectivity index is 2.76. The molecule has 0 amide bonds. The monoisotopic (exact) mass is 184 g/mol. The molecule has 0 aromatic carbocycles. The molecule has 1 aliphatic heterocycles. The molecule has 1 fully saturated rings. The van der Waals surface area contributed by atoms with Crippen LogP contribution in [0.5, 0.6) is 0 Å². The fraction of sp³-hybridized carbons (Fsp3) is 0.909. The molecule has 0 spiro atoms. The maximum Gasteiger partial charge on any atom is 0.316 e. The van der Waals surface area contributed by atoms with E-state index in [1.54, 1.807) is 0 Å². The SMILES string of the molecule is CCCC1(CCC)OC(=O)C1(C)C. The molecule has 0 radical (unpaired) electrons. The maximum atomic E-state index is 11.3. The van der Waals surface area contributed by atoms with Crippen molar-refractivity contribution in [3.05, 3.63) is 0 Å². The van der Waals surface area contributed by atoms with E-state index in [2.05, 4.69) is 13.8 Å². The van der Waals surface area contributed by atoms with Crippen molar-refractivity contribution in [2.45, 2.75) is 59.0 Å². The van der Waals surface area contributed by atoms with Crippen LogP contribution in [0.25, 0.3) is 0 Å². The van der Waals surface area contributed by atoms with Gasteiger partial charge in [0, 0.05) is 0 Å². The van der Waals surface area contributed by atoms with Gasteiger partial charge < -0.3 is 4.74 Å². The highest BCUT2D eigenvalue weighted by atomic mass is 16.6. The molecule has 0 atom stereocenters. The summed E-state index contributed by atoms with van der Waals surface area (Å²) in [5, 5.41) is 0. The number of rotatable bonds is 4. The first-order chi connectivity index (χ1) is 6.00. The normalized spacial score (nSPS) is 23.5. The number of hydrogen-bond donors (Lipinski definition) is 0. The van der Waals surface area contributed by atoms with E-state index in [0.29, 0.717) is 0 Å². The fourth-order valence-corrected chi connectivity index (χ4v) is 2.23. The second-order valence-electron chi connectivity index (χ2n) is 4.51. The van der Waals surface area contributed by atoms with Gasteiger partial charge in [0.25, 0.3) is 0 Å². The van der Waals surface area contributed by atoms with Crippen LogP contribution in [0.1, 0.15) is 53.4 Å². The molecule has 1 saturated heterocycles. The van der Waals surface area contributed by atoms with E-state index in [4.69, 9.17) is 4.74 Å². The largest absolute Gasteiger partial charge is 0.457 e. The zero-order valence-corrected chi connectivity index (χ0v) is 9.14. The number of cyclic esters (lactones) is 1. The molecule has 0 bridgehead atoms. The summed E-state index contributed by atoms with van der Waals surface area (Å²) in [6.07, 6.45) is 4.16. The molecule has 76 valence electrons. The van der Waals surface area contributed by atoms with Gasteiger partial charge in [0.2, 0.25) is 0 Å². The smallest absolute Gasteiger partial charge is 0.316 e. The lowest BCUT2D eigenvalue weighted by Crippen LogP contribution is -2.63. The van der Waals surface area contributed by atoms with Crippen molar-refractivity contribution in [3.8, 4) is 0 Å². The molecule has 2 heteroatoms. The minimum Gasteiger partial charge on any atom is -0.457 e. The summed E-state index contributed by atoms with van der Waals surface area (Å²) < 4.78 is 5.38. The van der Waals surface area contributed by atoms with Gasteiger partial charge in [-0.05, 0) is 26.7 Å². The van der Waals surface area contributed by atoms with Crippen LogP contribution in [0.4, 0.5) is 0 Å². The first-order valence-electron chi connectivity index (χ1n) is 5.23. The van der Waals surface area contributed by atoms with E-state index in [-0.39, 0.29) is 17.0 Å². The van der Waals surface area contributed by atoms with Gasteiger partial charge in [0.1, 0.15) is 11.0 Å². The Kier molecular flexibility index (Phi) is 2.69. The van der Waals surface area contributed by atoms with Crippen molar-refractivity contribution in [2.75, 3.05) is 0 Å². The van der Waals surface area contributed by atoms with Gasteiger partial charge in [0.15, 0.2) is 0 Å². The maximum absolute atomic E-state index is 11.3. The Hall–Kier alpha value is -0.530. The Labute approximate surface area is 80.7 Å². The van der Waals surface area contributed by atoms with Crippen molar-refractivity contribution >= 4 is 5.97 Å². The molecule has 0 N–H and O–H groups in total. The van der Waals surface area contributed by atoms with Gasteiger partial charge in [-0.3, -0.25) is 4.79 Å². The second-order valence-corrected chi connectivity index (χ2v) is 4.51. The first-order valence-corrected chi connectivity index (χ1v) is 5.23. The lowest BCUT2D eigenvalue weighted by Gasteiger charge is -2.53. The number of ether oxygens (including phenoxy) is 1. The topological polar surface area (TPSA) is 26.3 Å². The Morgan fingerprint density at radius 2 is 1.62 bits per heavy atom. The molecule has 1 aliphatic rings. The summed E-state index contributed by atoms with van der Waals surface area (Å²) in [7, 11) is 0. The average Bonchev–Trinajstić information content (AvgIpc) is 2.05. The van der Waals surface area contributed by atoms with Crippen molar-refractivity contribution < 1.29 is 9.53 Å². The van der Waals surface area contributed by atoms with Gasteiger partial charge in [-0.1, -0.05) is 26.7 Å². The van der Waals surface area contributed by atoms with Gasteiger partial charge in [-0.25, -0.2) is 0 Å². The van der Waals surface area contributed by atoms with Crippen molar-refractivity contribution in [3.63, 3.8) is 0 Å². The quantitative estimate of drug-likeness (QED) is 0.628. The van der Waals surface area contributed by atoms with Crippen LogP contribution in [0.15, 0.2) is 0 Å². The molecule has 1 rings (SSSR count). The lowest BCUT2D eigenvalue weighted by atomic mass is 9.65. The van der Waals surface area contributed by atoms with E-state index in [0.717, 1.165) is 25.7 Å². The predicted molar refractivity (Wildman–Crippen MR) is 52.4 cm³/mol. The highest BCUT2D eigenvalue weighted by Gasteiger charge is 2.61. The molecule has 0 saturated carbocycles. The average molecular weight is 184 g/mol. The van der Waals surface area contributed by atoms with E-state index in [1.165, 1.54) is 0 Å². The van der Waals surface area contributed by atoms with Gasteiger partial charge in [-0.2, -0.15) is 0 Å². The summed E-state index contributed by atoms with van der Waals surface area (Å²) in [5.41, 5.74) is -0.424. The first kappa shape index (κ1) is 10.6. The van der Waals surface area contributed by atoms with Crippen LogP contribution in [-0.4, -0.2) is 11.6 Å². The minimum atomic E-state index is -0.265. The van der Waals surface area contributed by atoms with Crippen LogP contribution in [0.2, 0.25) is 0 Å². The number of carbonyl (C=O) groups excluding carboxylic acids is 1. The highest BCUT2D eigenvalue weighted by molar-refractivity contribution is 5.84. The lowest BCUT2D eigenvalue weighted by molar-refractivity contribution is -0.240. The molecule has 1 heterocycles. The molecular weight excluding hydrogens is 164 g/mol. The van der Waals surface area contributed by atoms with Crippen molar-refractivity contribution in [2.24, 2.45) is 5.41 Å². The van der Waals surface area contributed by atoms with E-state index in [1.807, 2.05) is 13.8 Å². The fourth-order valence-electron chi connectivity index (χ4n) is 2.23. The van der Waals surface area contributed by atoms with Crippen LogP contribution < -0.4 is 0 Å². The summed E-state index contributed by atoms with van der Waals surface area (Å²) in [6.45, 7) is 8.29. The molecule has 13 heavy (non-hydrogen) atoms. The molecule has 0 unspecified atom stereocenters. The zero-order chi connectivity index (χ0) is 10.1. The Morgan fingerprint density at radius 1 is 1.15 bits per heavy atom. The summed E-state index contributed by atoms with van der Waals surface area (Å²) in [5.74, 6) is -0.0330. The van der Waals surface area contributed by atoms with Gasteiger partial charge in [-0.15, -0.1) is 0 Å². The standard InChI is InChI=1S/C11H20O2/c1-5-7-11(8-6-2)10(3,4)9(12)13-11/h5-8H2,1-4H3. The van der Waals surface area contributed by atoms with Crippen LogP contribution >= 0.6 is 0 Å². The number of hydrogen-bond acceptors (Lipinski definition) is 2. The third-order valence-corrected chi connectivity index (χ3v) is 3.25. The third-order valence-electron chi connectivity index (χ3n) is 3.25. The second kappa shape index (κ2) is 3.32. The van der Waals surface area contributed by atoms with Gasteiger partial charge in [0.05, 0.1) is 0 Å². The van der Waals surface area contributed by atoms with E-state index in [9.17, 15) is 4.79 Å². The third kappa shape index (κ3) is 1.36. The van der Waals surface area contributed by atoms with Crippen molar-refractivity contribution in [1.82, 2.24) is 0 Å². The molecule has 2 nitrogen and oxygen atoms in total. The Bertz CT molecular complexity index is 200. The van der Waals surface area contributed by atoms with Crippen molar-refractivity contribution in [1.29, 1.82) is 0 Å². The minimum absolute atomic E-state index is 0.0330. The zero-order valence-electron chi connectivity index (χ0n) is 9.14. The van der Waals surface area contributed by atoms with Gasteiger partial charge >= 0.3 is 5.97 Å². The van der Waals surface area contributed by atoms with E-state index < -0.39 is 0 Å². The molecule has 0 aliphatic carbocycles. The van der Waals surface area contributed by atoms with Crippen LogP contribution in [0, 0.1) is 5.41 Å². The molecule has 0 aromatic heterocycles. The van der Waals surface area contributed by atoms with Crippen LogP contribution in [-0.2, 0) is 9.53 Å².